The van der Waals surface area contributed by atoms with Crippen molar-refractivity contribution < 1.29 is 4.57 Å². The fourth-order valence-corrected chi connectivity index (χ4v) is 7.78. The van der Waals surface area contributed by atoms with Crippen LogP contribution in [0.25, 0.3) is 0 Å². The Morgan fingerprint density at radius 1 is 0.727 bits per heavy atom. The van der Waals surface area contributed by atoms with Crippen molar-refractivity contribution in [1.29, 1.82) is 0 Å². The molecular weight excluding hydrogens is 421 g/mol. The summed E-state index contributed by atoms with van der Waals surface area (Å²) in [5.74, 6) is 0.755. The van der Waals surface area contributed by atoms with Gasteiger partial charge in [-0.05, 0) is 61.4 Å². The SMILES string of the molecule is O=P(N[C@@H](CCCCc1ccccc1)CC1CCCCC1)(c1ccccc1)c1ccccc1. The number of aryl methyl sites for hydroxylation is 1. The number of hydrogen-bond donors (Lipinski definition) is 1. The van der Waals surface area contributed by atoms with E-state index in [1.54, 1.807) is 0 Å². The van der Waals surface area contributed by atoms with Crippen LogP contribution in [-0.4, -0.2) is 6.04 Å². The summed E-state index contributed by atoms with van der Waals surface area (Å²) in [5, 5.41) is 5.59. The fourth-order valence-electron chi connectivity index (χ4n) is 5.26. The normalized spacial score (nSPS) is 15.9. The number of benzene rings is 3. The van der Waals surface area contributed by atoms with Gasteiger partial charge in [-0.3, -0.25) is 9.65 Å². The Morgan fingerprint density at radius 2 is 1.27 bits per heavy atom. The maximum absolute atomic E-state index is 14.6. The Morgan fingerprint density at radius 3 is 1.85 bits per heavy atom. The van der Waals surface area contributed by atoms with Crippen LogP contribution >= 0.6 is 7.29 Å². The van der Waals surface area contributed by atoms with Crippen molar-refractivity contribution in [1.82, 2.24) is 5.09 Å². The van der Waals surface area contributed by atoms with Gasteiger partial charge in [0.2, 0.25) is 7.29 Å². The van der Waals surface area contributed by atoms with Crippen molar-refractivity contribution in [2.24, 2.45) is 5.92 Å². The maximum atomic E-state index is 14.6. The van der Waals surface area contributed by atoms with Crippen LogP contribution < -0.4 is 15.7 Å². The lowest BCUT2D eigenvalue weighted by Crippen LogP contribution is -2.36. The maximum Gasteiger partial charge on any atom is 0.204 e. The smallest absolute Gasteiger partial charge is 0.204 e. The van der Waals surface area contributed by atoms with Crippen LogP contribution in [-0.2, 0) is 11.0 Å². The minimum atomic E-state index is -2.90. The largest absolute Gasteiger partial charge is 0.297 e. The molecule has 0 spiro atoms. The summed E-state index contributed by atoms with van der Waals surface area (Å²) in [6.45, 7) is 0. The fraction of sp³-hybridized carbons (Fsp3) is 0.400. The minimum absolute atomic E-state index is 0.273. The third-order valence-electron chi connectivity index (χ3n) is 7.06. The van der Waals surface area contributed by atoms with Gasteiger partial charge in [0.25, 0.3) is 0 Å². The van der Waals surface area contributed by atoms with Crippen molar-refractivity contribution >= 4 is 17.9 Å². The van der Waals surface area contributed by atoms with Crippen LogP contribution in [0.3, 0.4) is 0 Å². The summed E-state index contributed by atoms with van der Waals surface area (Å²) in [4.78, 5) is 0. The molecule has 174 valence electrons. The molecule has 33 heavy (non-hydrogen) atoms. The van der Waals surface area contributed by atoms with E-state index in [0.29, 0.717) is 0 Å². The topological polar surface area (TPSA) is 29.1 Å². The summed E-state index contributed by atoms with van der Waals surface area (Å²) in [7, 11) is -2.90. The molecule has 0 amide bonds. The first-order valence-corrected chi connectivity index (χ1v) is 14.5. The molecule has 1 atom stereocenters. The second-order valence-electron chi connectivity index (χ2n) is 9.58. The molecule has 1 fully saturated rings. The Labute approximate surface area is 200 Å². The van der Waals surface area contributed by atoms with Gasteiger partial charge in [-0.1, -0.05) is 105 Å². The van der Waals surface area contributed by atoms with Gasteiger partial charge in [-0.15, -0.1) is 0 Å². The molecule has 0 saturated heterocycles. The number of hydrogen-bond acceptors (Lipinski definition) is 1. The van der Waals surface area contributed by atoms with E-state index in [1.807, 2.05) is 60.7 Å². The van der Waals surface area contributed by atoms with Crippen LogP contribution in [0.15, 0.2) is 91.0 Å². The van der Waals surface area contributed by atoms with Crippen molar-refractivity contribution in [3.8, 4) is 0 Å². The van der Waals surface area contributed by atoms with Gasteiger partial charge in [-0.25, -0.2) is 0 Å². The van der Waals surface area contributed by atoms with E-state index in [4.69, 9.17) is 0 Å². The molecule has 1 N–H and O–H groups in total. The van der Waals surface area contributed by atoms with Gasteiger partial charge >= 0.3 is 0 Å². The number of rotatable bonds is 11. The van der Waals surface area contributed by atoms with E-state index >= 15 is 0 Å². The molecule has 3 aromatic rings. The van der Waals surface area contributed by atoms with Crippen molar-refractivity contribution in [3.05, 3.63) is 96.6 Å². The Bertz CT molecular complexity index is 940. The van der Waals surface area contributed by atoms with Gasteiger partial charge in [0.15, 0.2) is 0 Å². The van der Waals surface area contributed by atoms with Gasteiger partial charge in [-0.2, -0.15) is 0 Å². The zero-order valence-electron chi connectivity index (χ0n) is 19.7. The van der Waals surface area contributed by atoms with Crippen molar-refractivity contribution in [2.75, 3.05) is 0 Å². The summed E-state index contributed by atoms with van der Waals surface area (Å²) >= 11 is 0. The quantitative estimate of drug-likeness (QED) is 0.242. The predicted molar refractivity (Wildman–Crippen MR) is 142 cm³/mol. The molecule has 1 aliphatic carbocycles. The van der Waals surface area contributed by atoms with Gasteiger partial charge in [0.05, 0.1) is 0 Å². The van der Waals surface area contributed by atoms with Crippen LogP contribution in [0, 0.1) is 5.92 Å². The Hall–Kier alpha value is -2.15. The highest BCUT2D eigenvalue weighted by Crippen LogP contribution is 2.41. The molecule has 1 aliphatic rings. The lowest BCUT2D eigenvalue weighted by Gasteiger charge is -2.31. The molecule has 3 aromatic carbocycles. The van der Waals surface area contributed by atoms with Crippen LogP contribution in [0.2, 0.25) is 0 Å². The number of unbranched alkanes of at least 4 members (excludes halogenated alkanes) is 1. The van der Waals surface area contributed by atoms with E-state index in [0.717, 1.165) is 42.2 Å². The minimum Gasteiger partial charge on any atom is -0.297 e. The van der Waals surface area contributed by atoms with Crippen LogP contribution in [0.1, 0.15) is 63.4 Å². The highest BCUT2D eigenvalue weighted by atomic mass is 31.2. The first-order chi connectivity index (χ1) is 16.2. The van der Waals surface area contributed by atoms with E-state index < -0.39 is 7.29 Å². The lowest BCUT2D eigenvalue weighted by atomic mass is 9.84. The summed E-state index contributed by atoms with van der Waals surface area (Å²) < 4.78 is 14.6. The molecule has 1 saturated carbocycles. The molecule has 0 aliphatic heterocycles. The van der Waals surface area contributed by atoms with Gasteiger partial charge in [0, 0.05) is 16.7 Å². The zero-order chi connectivity index (χ0) is 22.8. The molecule has 0 unspecified atom stereocenters. The summed E-state index contributed by atoms with van der Waals surface area (Å²) in [5.41, 5.74) is 1.41. The van der Waals surface area contributed by atoms with Crippen LogP contribution in [0.4, 0.5) is 0 Å². The molecule has 0 heterocycles. The lowest BCUT2D eigenvalue weighted by molar-refractivity contribution is 0.302. The molecule has 4 rings (SSSR count). The predicted octanol–water partition coefficient (Wildman–Crippen LogP) is 7.26. The van der Waals surface area contributed by atoms with E-state index in [2.05, 4.69) is 35.4 Å². The Balaban J connectivity index is 1.50. The molecule has 3 heteroatoms. The van der Waals surface area contributed by atoms with E-state index in [9.17, 15) is 4.57 Å². The zero-order valence-corrected chi connectivity index (χ0v) is 20.6. The van der Waals surface area contributed by atoms with Crippen molar-refractivity contribution in [3.63, 3.8) is 0 Å². The Kier molecular flexibility index (Phi) is 8.98. The molecule has 0 radical (unpaired) electrons. The van der Waals surface area contributed by atoms with E-state index in [1.165, 1.54) is 44.1 Å². The summed E-state index contributed by atoms with van der Waals surface area (Å²) in [6.07, 6.45) is 12.4. The third-order valence-corrected chi connectivity index (χ3v) is 9.84. The van der Waals surface area contributed by atoms with E-state index in [-0.39, 0.29) is 6.04 Å². The van der Waals surface area contributed by atoms with Gasteiger partial charge in [0.1, 0.15) is 0 Å². The molecule has 2 nitrogen and oxygen atoms in total. The third kappa shape index (κ3) is 6.92. The first kappa shape index (κ1) is 24.0. The average molecular weight is 460 g/mol. The highest BCUT2D eigenvalue weighted by molar-refractivity contribution is 7.76. The first-order valence-electron chi connectivity index (χ1n) is 12.8. The highest BCUT2D eigenvalue weighted by Gasteiger charge is 2.31. The standard InChI is InChI=1S/C30H38NOP/c32-33(29-21-9-3-10-22-29,30-23-11-4-12-24-30)31-28(25-27-18-7-2-8-19-27)20-14-13-17-26-15-5-1-6-16-26/h1,3-6,9-12,15-16,21-24,27-28H,2,7-8,13-14,17-20,25H2,(H,31,32)/t28-/m0/s1. The number of nitrogens with one attached hydrogen (secondary N) is 1. The van der Waals surface area contributed by atoms with Crippen molar-refractivity contribution in [2.45, 2.75) is 70.3 Å². The monoisotopic (exact) mass is 459 g/mol. The molecular formula is C30H38NOP. The molecule has 0 bridgehead atoms. The molecule has 0 aromatic heterocycles. The van der Waals surface area contributed by atoms with Crippen LogP contribution in [0.5, 0.6) is 0 Å². The average Bonchev–Trinajstić information content (AvgIpc) is 2.89. The van der Waals surface area contributed by atoms with Gasteiger partial charge < -0.3 is 0 Å². The summed E-state index contributed by atoms with van der Waals surface area (Å²) in [6, 6.07) is 31.1. The second kappa shape index (κ2) is 12.4. The second-order valence-corrected chi connectivity index (χ2v) is 12.1.